The number of esters is 1. The van der Waals surface area contributed by atoms with E-state index < -0.39 is 11.6 Å². The number of hydrogen-bond donors (Lipinski definition) is 0. The van der Waals surface area contributed by atoms with Crippen molar-refractivity contribution in [1.29, 1.82) is 0 Å². The van der Waals surface area contributed by atoms with Gasteiger partial charge in [0.2, 0.25) is 0 Å². The quantitative estimate of drug-likeness (QED) is 0.289. The molecule has 0 atom stereocenters. The molecule has 0 aliphatic carbocycles. The van der Waals surface area contributed by atoms with Gasteiger partial charge in [0.15, 0.2) is 0 Å². The van der Waals surface area contributed by atoms with Gasteiger partial charge in [-0.1, -0.05) is 6.08 Å². The lowest BCUT2D eigenvalue weighted by molar-refractivity contribution is -0.156. The molecule has 0 aromatic rings. The summed E-state index contributed by atoms with van der Waals surface area (Å²) in [6.07, 6.45) is 1.65. The van der Waals surface area contributed by atoms with E-state index >= 15 is 0 Å². The molecule has 0 unspecified atom stereocenters. The second kappa shape index (κ2) is 7.17. The summed E-state index contributed by atoms with van der Waals surface area (Å²) in [5, 5.41) is 0. The molecule has 16 heavy (non-hydrogen) atoms. The van der Waals surface area contributed by atoms with Crippen LogP contribution in [0.2, 0.25) is 0 Å². The number of carbonyl (C=O) groups excluding carboxylic acids is 2. The Kier molecular flexibility index (Phi) is 6.65. The number of hydrogen-bond acceptors (Lipinski definition) is 4. The first-order valence-electron chi connectivity index (χ1n) is 5.27. The lowest BCUT2D eigenvalue weighted by Crippen LogP contribution is -2.25. The summed E-state index contributed by atoms with van der Waals surface area (Å²) in [4.78, 5) is 22.6. The molecule has 4 heteroatoms. The van der Waals surface area contributed by atoms with Gasteiger partial charge in [-0.05, 0) is 20.8 Å². The third-order valence-corrected chi connectivity index (χ3v) is 1.52. The molecule has 0 aromatic carbocycles. The molecule has 0 aliphatic heterocycles. The third kappa shape index (κ3) is 9.40. The molecule has 0 aliphatic rings. The lowest BCUT2D eigenvalue weighted by Gasteiger charge is -2.19. The molecule has 0 saturated heterocycles. The van der Waals surface area contributed by atoms with Crippen LogP contribution in [0, 0.1) is 0 Å². The van der Waals surface area contributed by atoms with Crippen LogP contribution in [0.15, 0.2) is 12.7 Å². The maximum atomic E-state index is 11.3. The molecular weight excluding hydrogens is 208 g/mol. The van der Waals surface area contributed by atoms with Crippen LogP contribution < -0.4 is 0 Å². The van der Waals surface area contributed by atoms with E-state index in [4.69, 9.17) is 9.47 Å². The average Bonchev–Trinajstić information content (AvgIpc) is 2.09. The van der Waals surface area contributed by atoms with Crippen LogP contribution in [0.5, 0.6) is 0 Å². The van der Waals surface area contributed by atoms with Crippen molar-refractivity contribution < 1.29 is 19.1 Å². The maximum Gasteiger partial charge on any atom is 0.313 e. The number of ether oxygens (including phenoxy) is 2. The van der Waals surface area contributed by atoms with Crippen LogP contribution in [0.25, 0.3) is 0 Å². The van der Waals surface area contributed by atoms with E-state index in [0.29, 0.717) is 13.2 Å². The van der Waals surface area contributed by atoms with Gasteiger partial charge >= 0.3 is 5.97 Å². The summed E-state index contributed by atoms with van der Waals surface area (Å²) in [5.41, 5.74) is -0.545. The van der Waals surface area contributed by atoms with Crippen LogP contribution in [0.1, 0.15) is 33.6 Å². The zero-order valence-electron chi connectivity index (χ0n) is 10.2. The summed E-state index contributed by atoms with van der Waals surface area (Å²) < 4.78 is 10.1. The molecule has 0 bridgehead atoms. The Morgan fingerprint density at radius 2 is 1.94 bits per heavy atom. The van der Waals surface area contributed by atoms with Crippen molar-refractivity contribution in [3.8, 4) is 0 Å². The second-order valence-electron chi connectivity index (χ2n) is 4.42. The minimum atomic E-state index is -0.545. The maximum absolute atomic E-state index is 11.3. The molecule has 0 saturated carbocycles. The zero-order chi connectivity index (χ0) is 12.6. The van der Waals surface area contributed by atoms with Crippen molar-refractivity contribution in [2.24, 2.45) is 0 Å². The molecule has 0 amide bonds. The smallest absolute Gasteiger partial charge is 0.313 e. The standard InChI is InChI=1S/C12H20O4/c1-5-7-15-8-6-10(13)9-11(14)16-12(2,3)4/h5H,1,6-9H2,2-4H3. The number of ketones is 1. The first-order chi connectivity index (χ1) is 7.35. The summed E-state index contributed by atoms with van der Waals surface area (Å²) in [7, 11) is 0. The summed E-state index contributed by atoms with van der Waals surface area (Å²) in [6, 6.07) is 0. The summed E-state index contributed by atoms with van der Waals surface area (Å²) in [6.45, 7) is 9.51. The van der Waals surface area contributed by atoms with E-state index in [9.17, 15) is 9.59 Å². The zero-order valence-corrected chi connectivity index (χ0v) is 10.2. The van der Waals surface area contributed by atoms with E-state index in [1.807, 2.05) is 0 Å². The number of carbonyl (C=O) groups is 2. The van der Waals surface area contributed by atoms with Crippen molar-refractivity contribution in [3.63, 3.8) is 0 Å². The van der Waals surface area contributed by atoms with Gasteiger partial charge in [-0.3, -0.25) is 9.59 Å². The first-order valence-corrected chi connectivity index (χ1v) is 5.27. The van der Waals surface area contributed by atoms with E-state index in [2.05, 4.69) is 6.58 Å². The van der Waals surface area contributed by atoms with Crippen molar-refractivity contribution in [1.82, 2.24) is 0 Å². The molecule has 92 valence electrons. The minimum absolute atomic E-state index is 0.168. The normalized spacial score (nSPS) is 10.9. The Balaban J connectivity index is 3.71. The monoisotopic (exact) mass is 228 g/mol. The average molecular weight is 228 g/mol. The molecule has 0 fully saturated rings. The van der Waals surface area contributed by atoms with Crippen LogP contribution in [-0.4, -0.2) is 30.6 Å². The predicted molar refractivity (Wildman–Crippen MR) is 61.1 cm³/mol. The molecule has 0 heterocycles. The van der Waals surface area contributed by atoms with Gasteiger partial charge in [0, 0.05) is 6.42 Å². The van der Waals surface area contributed by atoms with Crippen LogP contribution in [-0.2, 0) is 19.1 Å². The summed E-state index contributed by atoms with van der Waals surface area (Å²) >= 11 is 0. The molecule has 0 rings (SSSR count). The fourth-order valence-corrected chi connectivity index (χ4v) is 0.980. The highest BCUT2D eigenvalue weighted by atomic mass is 16.6. The van der Waals surface area contributed by atoms with Gasteiger partial charge in [0.25, 0.3) is 0 Å². The highest BCUT2D eigenvalue weighted by Gasteiger charge is 2.18. The topological polar surface area (TPSA) is 52.6 Å². The van der Waals surface area contributed by atoms with Gasteiger partial charge in [-0.25, -0.2) is 0 Å². The first kappa shape index (κ1) is 14.8. The largest absolute Gasteiger partial charge is 0.460 e. The molecule has 0 aromatic heterocycles. The van der Waals surface area contributed by atoms with Gasteiger partial charge in [-0.15, -0.1) is 6.58 Å². The Bertz CT molecular complexity index is 250. The van der Waals surface area contributed by atoms with Gasteiger partial charge < -0.3 is 9.47 Å². The molecule has 0 spiro atoms. The molecule has 0 N–H and O–H groups in total. The van der Waals surface area contributed by atoms with Gasteiger partial charge in [0.05, 0.1) is 13.2 Å². The minimum Gasteiger partial charge on any atom is -0.460 e. The molecule has 4 nitrogen and oxygen atoms in total. The molecule has 0 radical (unpaired) electrons. The Hall–Kier alpha value is -1.16. The third-order valence-electron chi connectivity index (χ3n) is 1.52. The van der Waals surface area contributed by atoms with E-state index in [1.54, 1.807) is 26.8 Å². The van der Waals surface area contributed by atoms with Crippen molar-refractivity contribution in [2.45, 2.75) is 39.2 Å². The Labute approximate surface area is 96.6 Å². The van der Waals surface area contributed by atoms with E-state index in [-0.39, 0.29) is 18.6 Å². The highest BCUT2D eigenvalue weighted by molar-refractivity contribution is 5.95. The number of Topliss-reactive ketones (excluding diaryl/α,β-unsaturated/α-hetero) is 1. The Morgan fingerprint density at radius 1 is 1.31 bits per heavy atom. The SMILES string of the molecule is C=CCOCCC(=O)CC(=O)OC(C)(C)C. The number of rotatable bonds is 7. The van der Waals surface area contributed by atoms with Crippen molar-refractivity contribution in [2.75, 3.05) is 13.2 Å². The van der Waals surface area contributed by atoms with Crippen LogP contribution >= 0.6 is 0 Å². The second-order valence-corrected chi connectivity index (χ2v) is 4.42. The summed E-state index contributed by atoms with van der Waals surface area (Å²) in [5.74, 6) is -0.653. The Morgan fingerprint density at radius 3 is 2.44 bits per heavy atom. The fourth-order valence-electron chi connectivity index (χ4n) is 0.980. The van der Waals surface area contributed by atoms with Gasteiger partial charge in [-0.2, -0.15) is 0 Å². The van der Waals surface area contributed by atoms with Crippen molar-refractivity contribution >= 4 is 11.8 Å². The van der Waals surface area contributed by atoms with Crippen molar-refractivity contribution in [3.05, 3.63) is 12.7 Å². The fraction of sp³-hybridized carbons (Fsp3) is 0.667. The van der Waals surface area contributed by atoms with Crippen LogP contribution in [0.3, 0.4) is 0 Å². The van der Waals surface area contributed by atoms with E-state index in [1.165, 1.54) is 0 Å². The van der Waals surface area contributed by atoms with Crippen LogP contribution in [0.4, 0.5) is 0 Å². The lowest BCUT2D eigenvalue weighted by atomic mass is 10.2. The van der Waals surface area contributed by atoms with E-state index in [0.717, 1.165) is 0 Å². The molecular formula is C12H20O4. The highest BCUT2D eigenvalue weighted by Crippen LogP contribution is 2.08. The van der Waals surface area contributed by atoms with Gasteiger partial charge in [0.1, 0.15) is 17.8 Å². The predicted octanol–water partition coefficient (Wildman–Crippen LogP) is 1.88.